The molecule has 33 heavy (non-hydrogen) atoms. The summed E-state index contributed by atoms with van der Waals surface area (Å²) in [6.45, 7) is 1.98. The molecule has 0 aliphatic carbocycles. The second-order valence-corrected chi connectivity index (χ2v) is 9.63. The lowest BCUT2D eigenvalue weighted by molar-refractivity contribution is 0.0935. The molecule has 4 rings (SSSR count). The van der Waals surface area contributed by atoms with Crippen LogP contribution in [-0.2, 0) is 9.84 Å². The Labute approximate surface area is 190 Å². The van der Waals surface area contributed by atoms with Crippen molar-refractivity contribution >= 4 is 26.6 Å². The zero-order chi connectivity index (χ0) is 23.6. The Bertz CT molecular complexity index is 1420. The fraction of sp³-hybridized carbons (Fsp3) is 0.217. The van der Waals surface area contributed by atoms with Gasteiger partial charge < -0.3 is 5.32 Å². The predicted octanol–water partition coefficient (Wildman–Crippen LogP) is 3.63. The number of rotatable bonds is 7. The molecule has 0 radical (unpaired) electrons. The molecule has 0 unspecified atom stereocenters. The fourth-order valence-corrected chi connectivity index (χ4v) is 4.20. The van der Waals surface area contributed by atoms with E-state index in [9.17, 15) is 17.6 Å². The van der Waals surface area contributed by atoms with Crippen LogP contribution >= 0.6 is 0 Å². The van der Waals surface area contributed by atoms with E-state index >= 15 is 0 Å². The zero-order valence-electron chi connectivity index (χ0n) is 18.1. The summed E-state index contributed by atoms with van der Waals surface area (Å²) in [5.41, 5.74) is 2.23. The molecule has 10 heteroatoms. The van der Waals surface area contributed by atoms with Gasteiger partial charge in [0.05, 0.1) is 35.2 Å². The number of pyridine rings is 2. The maximum Gasteiger partial charge on any atom is 0.254 e. The molecule has 0 fully saturated rings. The van der Waals surface area contributed by atoms with Gasteiger partial charge in [-0.15, -0.1) is 0 Å². The fourth-order valence-electron chi connectivity index (χ4n) is 3.60. The summed E-state index contributed by atoms with van der Waals surface area (Å²) in [5.74, 6) is -0.714. The van der Waals surface area contributed by atoms with E-state index in [2.05, 4.69) is 20.4 Å². The number of amides is 1. The number of nitrogens with one attached hydrogen (secondary N) is 1. The highest BCUT2D eigenvalue weighted by molar-refractivity contribution is 7.90. The first-order valence-corrected chi connectivity index (χ1v) is 12.2. The average Bonchev–Trinajstić information content (AvgIpc) is 3.23. The van der Waals surface area contributed by atoms with Crippen molar-refractivity contribution in [1.82, 2.24) is 25.1 Å². The number of carbonyl (C=O) groups is 1. The number of hydrogen-bond donors (Lipinski definition) is 1. The molecule has 0 bridgehead atoms. The van der Waals surface area contributed by atoms with E-state index < -0.39 is 15.9 Å². The van der Waals surface area contributed by atoms with Crippen LogP contribution in [0.3, 0.4) is 0 Å². The van der Waals surface area contributed by atoms with E-state index in [0.29, 0.717) is 34.1 Å². The monoisotopic (exact) mass is 467 g/mol. The summed E-state index contributed by atoms with van der Waals surface area (Å²) in [4.78, 5) is 21.3. The summed E-state index contributed by atoms with van der Waals surface area (Å²) >= 11 is 0. The second kappa shape index (κ2) is 9.07. The van der Waals surface area contributed by atoms with Crippen LogP contribution in [0.1, 0.15) is 41.7 Å². The molecule has 1 atom stereocenters. The van der Waals surface area contributed by atoms with E-state index in [4.69, 9.17) is 0 Å². The van der Waals surface area contributed by atoms with Crippen LogP contribution in [0.25, 0.3) is 16.6 Å². The SMILES string of the molecule is CCC[C@@H](NC(=O)c1cncc2c1cnn2-c1ccc(F)cc1)c1ccnc(S(C)(=O)=O)c1. The molecule has 0 saturated carbocycles. The van der Waals surface area contributed by atoms with Crippen LogP contribution in [0.2, 0.25) is 0 Å². The van der Waals surface area contributed by atoms with Gasteiger partial charge in [0.1, 0.15) is 5.82 Å². The van der Waals surface area contributed by atoms with Gasteiger partial charge in [0, 0.05) is 24.0 Å². The van der Waals surface area contributed by atoms with Crippen LogP contribution in [0.5, 0.6) is 0 Å². The number of aromatic nitrogens is 4. The normalized spacial score (nSPS) is 12.6. The molecule has 1 amide bonds. The molecule has 0 spiro atoms. The van der Waals surface area contributed by atoms with Crippen molar-refractivity contribution in [3.05, 3.63) is 78.1 Å². The van der Waals surface area contributed by atoms with Crippen LogP contribution in [0.15, 0.2) is 66.2 Å². The summed E-state index contributed by atoms with van der Waals surface area (Å²) in [7, 11) is -3.48. The minimum absolute atomic E-state index is 0.0419. The topological polar surface area (TPSA) is 107 Å². The highest BCUT2D eigenvalue weighted by atomic mass is 32.2. The van der Waals surface area contributed by atoms with Gasteiger partial charge in [-0.3, -0.25) is 9.78 Å². The average molecular weight is 468 g/mol. The lowest BCUT2D eigenvalue weighted by atomic mass is 10.0. The Morgan fingerprint density at radius 3 is 2.61 bits per heavy atom. The number of halogens is 1. The quantitative estimate of drug-likeness (QED) is 0.445. The van der Waals surface area contributed by atoms with Gasteiger partial charge in [-0.2, -0.15) is 5.10 Å². The number of fused-ring (bicyclic) bond motifs is 1. The molecular formula is C23H22FN5O3S. The predicted molar refractivity (Wildman–Crippen MR) is 121 cm³/mol. The molecule has 0 aliphatic rings. The lowest BCUT2D eigenvalue weighted by Gasteiger charge is -2.19. The Morgan fingerprint density at radius 1 is 1.15 bits per heavy atom. The van der Waals surface area contributed by atoms with Gasteiger partial charge >= 0.3 is 0 Å². The van der Waals surface area contributed by atoms with Crippen molar-refractivity contribution in [1.29, 1.82) is 0 Å². The number of nitrogens with zero attached hydrogens (tertiary/aromatic N) is 4. The highest BCUT2D eigenvalue weighted by Crippen LogP contribution is 2.24. The molecule has 3 aromatic heterocycles. The van der Waals surface area contributed by atoms with Gasteiger partial charge in [-0.1, -0.05) is 13.3 Å². The van der Waals surface area contributed by atoms with Gasteiger partial charge in [0.25, 0.3) is 5.91 Å². The van der Waals surface area contributed by atoms with Gasteiger partial charge in [-0.25, -0.2) is 22.5 Å². The standard InChI is InChI=1S/C23H22FN5O3S/c1-3-4-20(15-9-10-26-22(11-15)33(2,31)32)28-23(30)19-12-25-14-21-18(19)13-27-29(21)17-7-5-16(24)6-8-17/h5-14,20H,3-4H2,1-2H3,(H,28,30)/t20-/m1/s1. The first-order valence-electron chi connectivity index (χ1n) is 10.3. The first kappa shape index (κ1) is 22.5. The number of carbonyl (C=O) groups excluding carboxylic acids is 1. The molecule has 0 saturated heterocycles. The Kier molecular flexibility index (Phi) is 6.19. The van der Waals surface area contributed by atoms with Crippen molar-refractivity contribution in [2.45, 2.75) is 30.8 Å². The van der Waals surface area contributed by atoms with Crippen LogP contribution in [0, 0.1) is 5.82 Å². The summed E-state index contributed by atoms with van der Waals surface area (Å²) in [5, 5.41) is 7.89. The number of sulfone groups is 1. The van der Waals surface area contributed by atoms with Gasteiger partial charge in [0.15, 0.2) is 14.9 Å². The molecule has 0 aliphatic heterocycles. The number of hydrogen-bond acceptors (Lipinski definition) is 6. The molecule has 1 aromatic carbocycles. The highest BCUT2D eigenvalue weighted by Gasteiger charge is 2.21. The summed E-state index contributed by atoms with van der Waals surface area (Å²) < 4.78 is 38.7. The smallest absolute Gasteiger partial charge is 0.254 e. The molecule has 1 N–H and O–H groups in total. The zero-order valence-corrected chi connectivity index (χ0v) is 18.9. The van der Waals surface area contributed by atoms with E-state index in [1.54, 1.807) is 35.3 Å². The third-order valence-electron chi connectivity index (χ3n) is 5.24. The summed E-state index contributed by atoms with van der Waals surface area (Å²) in [6.07, 6.45) is 8.52. The molecule has 8 nitrogen and oxygen atoms in total. The Balaban J connectivity index is 1.67. The first-order chi connectivity index (χ1) is 15.8. The third kappa shape index (κ3) is 4.75. The lowest BCUT2D eigenvalue weighted by Crippen LogP contribution is -2.29. The van der Waals surface area contributed by atoms with E-state index in [-0.39, 0.29) is 16.8 Å². The van der Waals surface area contributed by atoms with Crippen LogP contribution < -0.4 is 5.32 Å². The maximum absolute atomic E-state index is 13.3. The minimum Gasteiger partial charge on any atom is -0.345 e. The van der Waals surface area contributed by atoms with Gasteiger partial charge in [-0.05, 0) is 48.4 Å². The Hall–Kier alpha value is -3.66. The molecule has 170 valence electrons. The van der Waals surface area contributed by atoms with Crippen LogP contribution in [0.4, 0.5) is 4.39 Å². The molecule has 4 aromatic rings. The van der Waals surface area contributed by atoms with Crippen LogP contribution in [-0.4, -0.2) is 40.3 Å². The Morgan fingerprint density at radius 2 is 1.91 bits per heavy atom. The van der Waals surface area contributed by atoms with Crippen molar-refractivity contribution in [3.8, 4) is 5.69 Å². The van der Waals surface area contributed by atoms with Crippen molar-refractivity contribution in [2.24, 2.45) is 0 Å². The third-order valence-corrected chi connectivity index (χ3v) is 6.22. The second-order valence-electron chi connectivity index (χ2n) is 7.67. The minimum atomic E-state index is -3.48. The largest absolute Gasteiger partial charge is 0.345 e. The van der Waals surface area contributed by atoms with E-state index in [0.717, 1.165) is 12.7 Å². The molecular weight excluding hydrogens is 445 g/mol. The molecule has 3 heterocycles. The number of benzene rings is 1. The summed E-state index contributed by atoms with van der Waals surface area (Å²) in [6, 6.07) is 8.63. The van der Waals surface area contributed by atoms with E-state index in [1.165, 1.54) is 30.6 Å². The van der Waals surface area contributed by atoms with Crippen molar-refractivity contribution < 1.29 is 17.6 Å². The maximum atomic E-state index is 13.3. The van der Waals surface area contributed by atoms with Crippen molar-refractivity contribution in [2.75, 3.05) is 6.26 Å². The van der Waals surface area contributed by atoms with Gasteiger partial charge in [0.2, 0.25) is 0 Å². The van der Waals surface area contributed by atoms with E-state index in [1.807, 2.05) is 6.92 Å². The van der Waals surface area contributed by atoms with Crippen molar-refractivity contribution in [3.63, 3.8) is 0 Å².